The highest BCUT2D eigenvalue weighted by Crippen LogP contribution is 2.18. The highest BCUT2D eigenvalue weighted by molar-refractivity contribution is 5.80. The number of likely N-dealkylation sites (tertiary alicyclic amines) is 1. The van der Waals surface area contributed by atoms with Gasteiger partial charge in [0.15, 0.2) is 0 Å². The second-order valence-electron chi connectivity index (χ2n) is 7.66. The zero-order chi connectivity index (χ0) is 19.2. The molecule has 2 heterocycles. The summed E-state index contributed by atoms with van der Waals surface area (Å²) in [7, 11) is 0. The van der Waals surface area contributed by atoms with E-state index in [9.17, 15) is 9.59 Å². The number of aryl methyl sites for hydroxylation is 2. The second-order valence-corrected chi connectivity index (χ2v) is 7.66. The van der Waals surface area contributed by atoms with Crippen molar-refractivity contribution in [3.05, 3.63) is 45.7 Å². The number of carbonyl (C=O) groups is 1. The summed E-state index contributed by atoms with van der Waals surface area (Å²) >= 11 is 0. The van der Waals surface area contributed by atoms with E-state index in [-0.39, 0.29) is 11.5 Å². The molecule has 5 heteroatoms. The van der Waals surface area contributed by atoms with Gasteiger partial charge < -0.3 is 10.3 Å². The van der Waals surface area contributed by atoms with E-state index in [0.29, 0.717) is 31.0 Å². The summed E-state index contributed by atoms with van der Waals surface area (Å²) in [6, 6.07) is 8.53. The molecule has 1 aliphatic heterocycles. The first-order chi connectivity index (χ1) is 13.1. The van der Waals surface area contributed by atoms with E-state index in [1.807, 2.05) is 25.1 Å². The number of nitrogens with one attached hydrogen (secondary N) is 2. The Hall–Kier alpha value is -2.14. The molecule has 5 nitrogen and oxygen atoms in total. The zero-order valence-electron chi connectivity index (χ0n) is 16.5. The summed E-state index contributed by atoms with van der Waals surface area (Å²) < 4.78 is 0. The van der Waals surface area contributed by atoms with E-state index in [1.54, 1.807) is 0 Å². The van der Waals surface area contributed by atoms with Crippen molar-refractivity contribution in [3.8, 4) is 0 Å². The van der Waals surface area contributed by atoms with Gasteiger partial charge in [0.1, 0.15) is 0 Å². The largest absolute Gasteiger partial charge is 0.355 e. The van der Waals surface area contributed by atoms with Crippen LogP contribution in [0.15, 0.2) is 29.1 Å². The fraction of sp³-hybridized carbons (Fsp3) is 0.545. The van der Waals surface area contributed by atoms with Crippen LogP contribution in [-0.2, 0) is 11.2 Å². The van der Waals surface area contributed by atoms with Crippen LogP contribution in [0.1, 0.15) is 50.2 Å². The van der Waals surface area contributed by atoms with Crippen LogP contribution in [0, 0.1) is 6.92 Å². The Morgan fingerprint density at radius 3 is 2.96 bits per heavy atom. The van der Waals surface area contributed by atoms with E-state index >= 15 is 0 Å². The normalized spacial score (nSPS) is 17.9. The molecule has 1 amide bonds. The number of H-pyrrole nitrogens is 1. The highest BCUT2D eigenvalue weighted by Gasteiger charge is 2.20. The van der Waals surface area contributed by atoms with Crippen molar-refractivity contribution in [2.24, 2.45) is 0 Å². The molecule has 0 spiro atoms. The van der Waals surface area contributed by atoms with Crippen LogP contribution in [0.2, 0.25) is 0 Å². The van der Waals surface area contributed by atoms with Crippen LogP contribution in [-0.4, -0.2) is 41.5 Å². The second kappa shape index (κ2) is 9.18. The molecule has 1 aromatic heterocycles. The number of piperidine rings is 1. The SMILES string of the molecule is CCC1CCCCN1CCNC(=O)CCc1cc2cc(C)ccc2[nH]c1=O. The third-order valence-electron chi connectivity index (χ3n) is 5.64. The number of pyridine rings is 1. The predicted octanol–water partition coefficient (Wildman–Crippen LogP) is 3.15. The Bertz CT molecular complexity index is 843. The van der Waals surface area contributed by atoms with Gasteiger partial charge in [-0.3, -0.25) is 14.5 Å². The number of aromatic nitrogens is 1. The van der Waals surface area contributed by atoms with Crippen molar-refractivity contribution < 1.29 is 4.79 Å². The minimum absolute atomic E-state index is 0.0174. The molecule has 0 saturated carbocycles. The summed E-state index contributed by atoms with van der Waals surface area (Å²) in [5.41, 5.74) is 2.57. The van der Waals surface area contributed by atoms with Gasteiger partial charge in [0.2, 0.25) is 5.91 Å². The molecule has 2 aromatic rings. The molecule has 1 atom stereocenters. The standard InChI is InChI=1S/C22H31N3O2/c1-3-19-6-4-5-12-25(19)13-11-23-21(26)10-8-17-15-18-14-16(2)7-9-20(18)24-22(17)27/h7,9,14-15,19H,3-6,8,10-13H2,1-2H3,(H,23,26)(H,24,27). The molecular weight excluding hydrogens is 338 g/mol. The minimum atomic E-state index is -0.0988. The van der Waals surface area contributed by atoms with Crippen molar-refractivity contribution >= 4 is 16.8 Å². The Balaban J connectivity index is 1.49. The molecule has 0 radical (unpaired) electrons. The number of hydrogen-bond acceptors (Lipinski definition) is 3. The first kappa shape index (κ1) is 19.6. The van der Waals surface area contributed by atoms with Gasteiger partial charge in [0.05, 0.1) is 0 Å². The van der Waals surface area contributed by atoms with E-state index < -0.39 is 0 Å². The highest BCUT2D eigenvalue weighted by atomic mass is 16.1. The van der Waals surface area contributed by atoms with Crippen LogP contribution in [0.4, 0.5) is 0 Å². The maximum atomic E-state index is 12.2. The lowest BCUT2D eigenvalue weighted by Gasteiger charge is -2.35. The van der Waals surface area contributed by atoms with Gasteiger partial charge in [-0.25, -0.2) is 0 Å². The average molecular weight is 370 g/mol. The lowest BCUT2D eigenvalue weighted by molar-refractivity contribution is -0.121. The van der Waals surface area contributed by atoms with Gasteiger partial charge in [-0.2, -0.15) is 0 Å². The van der Waals surface area contributed by atoms with Crippen molar-refractivity contribution in [3.63, 3.8) is 0 Å². The molecule has 1 aliphatic rings. The van der Waals surface area contributed by atoms with Gasteiger partial charge >= 0.3 is 0 Å². The first-order valence-corrected chi connectivity index (χ1v) is 10.2. The van der Waals surface area contributed by atoms with Crippen molar-refractivity contribution in [2.45, 2.75) is 58.4 Å². The lowest BCUT2D eigenvalue weighted by atomic mass is 10.0. The van der Waals surface area contributed by atoms with E-state index in [0.717, 1.165) is 29.6 Å². The molecule has 2 N–H and O–H groups in total. The Morgan fingerprint density at radius 1 is 1.30 bits per heavy atom. The minimum Gasteiger partial charge on any atom is -0.355 e. The molecule has 27 heavy (non-hydrogen) atoms. The fourth-order valence-corrected chi connectivity index (χ4v) is 4.05. The molecule has 0 bridgehead atoms. The summed E-state index contributed by atoms with van der Waals surface area (Å²) in [5, 5.41) is 4.03. The number of hydrogen-bond donors (Lipinski definition) is 2. The van der Waals surface area contributed by atoms with E-state index in [2.05, 4.69) is 28.2 Å². The summed E-state index contributed by atoms with van der Waals surface area (Å²) in [6.07, 6.45) is 5.84. The number of nitrogens with zero attached hydrogens (tertiary/aromatic N) is 1. The van der Waals surface area contributed by atoms with Crippen molar-refractivity contribution in [2.75, 3.05) is 19.6 Å². The number of carbonyl (C=O) groups excluding carboxylic acids is 1. The number of rotatable bonds is 7. The number of aromatic amines is 1. The van der Waals surface area contributed by atoms with E-state index in [1.165, 1.54) is 25.7 Å². The van der Waals surface area contributed by atoms with Gasteiger partial charge in [-0.1, -0.05) is 25.0 Å². The van der Waals surface area contributed by atoms with Crippen LogP contribution >= 0.6 is 0 Å². The van der Waals surface area contributed by atoms with Crippen molar-refractivity contribution in [1.29, 1.82) is 0 Å². The fourth-order valence-electron chi connectivity index (χ4n) is 4.05. The van der Waals surface area contributed by atoms with Crippen molar-refractivity contribution in [1.82, 2.24) is 15.2 Å². The quantitative estimate of drug-likeness (QED) is 0.788. The number of benzene rings is 1. The van der Waals surface area contributed by atoms with Crippen LogP contribution in [0.3, 0.4) is 0 Å². The Morgan fingerprint density at radius 2 is 2.15 bits per heavy atom. The summed E-state index contributed by atoms with van der Waals surface area (Å²) in [4.78, 5) is 29.8. The molecule has 1 unspecified atom stereocenters. The van der Waals surface area contributed by atoms with E-state index in [4.69, 9.17) is 0 Å². The van der Waals surface area contributed by atoms with Gasteiger partial charge in [-0.05, 0) is 62.7 Å². The predicted molar refractivity (Wildman–Crippen MR) is 110 cm³/mol. The Kier molecular flexibility index (Phi) is 6.67. The van der Waals surface area contributed by atoms with Crippen LogP contribution < -0.4 is 10.9 Å². The molecule has 0 aliphatic carbocycles. The smallest absolute Gasteiger partial charge is 0.251 e. The first-order valence-electron chi connectivity index (χ1n) is 10.2. The zero-order valence-corrected chi connectivity index (χ0v) is 16.5. The third-order valence-corrected chi connectivity index (χ3v) is 5.64. The van der Waals surface area contributed by atoms with Crippen LogP contribution in [0.5, 0.6) is 0 Å². The maximum Gasteiger partial charge on any atom is 0.251 e. The summed E-state index contributed by atoms with van der Waals surface area (Å²) in [5.74, 6) is 0.0174. The maximum absolute atomic E-state index is 12.2. The monoisotopic (exact) mass is 369 g/mol. The molecule has 1 fully saturated rings. The topological polar surface area (TPSA) is 65.2 Å². The molecular formula is C22H31N3O2. The van der Waals surface area contributed by atoms with Gasteiger partial charge in [0.25, 0.3) is 5.56 Å². The number of amides is 1. The lowest BCUT2D eigenvalue weighted by Crippen LogP contribution is -2.43. The van der Waals surface area contributed by atoms with Gasteiger partial charge in [0, 0.05) is 36.6 Å². The molecule has 1 aromatic carbocycles. The van der Waals surface area contributed by atoms with Crippen LogP contribution in [0.25, 0.3) is 10.9 Å². The third kappa shape index (κ3) is 5.19. The molecule has 3 rings (SSSR count). The number of fused-ring (bicyclic) bond motifs is 1. The van der Waals surface area contributed by atoms with Gasteiger partial charge in [-0.15, -0.1) is 0 Å². The Labute approximate surface area is 161 Å². The molecule has 1 saturated heterocycles. The molecule has 146 valence electrons. The summed E-state index contributed by atoms with van der Waals surface area (Å²) in [6.45, 7) is 7.01. The average Bonchev–Trinajstić information content (AvgIpc) is 2.67.